The largest absolute Gasteiger partial charge is 0.358 e. The molecule has 1 fully saturated rings. The van der Waals surface area contributed by atoms with Gasteiger partial charge in [0.25, 0.3) is 0 Å². The van der Waals surface area contributed by atoms with Crippen LogP contribution in [-0.4, -0.2) is 66.9 Å². The van der Waals surface area contributed by atoms with E-state index in [0.29, 0.717) is 30.8 Å². The van der Waals surface area contributed by atoms with Crippen LogP contribution in [0.1, 0.15) is 32.3 Å². The summed E-state index contributed by atoms with van der Waals surface area (Å²) < 4.78 is 13.2. The lowest BCUT2D eigenvalue weighted by molar-refractivity contribution is -0.139. The number of halogens is 2. The second kappa shape index (κ2) is 11.5. The van der Waals surface area contributed by atoms with Gasteiger partial charge < -0.3 is 16.0 Å². The van der Waals surface area contributed by atoms with Crippen molar-refractivity contribution in [2.45, 2.75) is 45.2 Å². The zero-order valence-corrected chi connectivity index (χ0v) is 21.0. The van der Waals surface area contributed by atoms with Gasteiger partial charge in [0, 0.05) is 37.8 Å². The number of carbonyl (C=O) groups excluding carboxylic acids is 2. The Bertz CT molecular complexity index is 933. The third kappa shape index (κ3) is 6.26. The van der Waals surface area contributed by atoms with Crippen LogP contribution in [0.4, 0.5) is 4.39 Å². The number of hydrogen-bond acceptors (Lipinski definition) is 4. The second-order valence-corrected chi connectivity index (χ2v) is 10.1. The number of carbonyl (C=O) groups is 2. The number of piperazine rings is 1. The fourth-order valence-electron chi connectivity index (χ4n) is 4.82. The highest BCUT2D eigenvalue weighted by molar-refractivity contribution is 6.31. The molecule has 0 saturated carbocycles. The highest BCUT2D eigenvalue weighted by Crippen LogP contribution is 2.35. The summed E-state index contributed by atoms with van der Waals surface area (Å²) in [6, 6.07) is 5.49. The van der Waals surface area contributed by atoms with E-state index < -0.39 is 11.5 Å². The Kier molecular flexibility index (Phi) is 8.90. The normalized spacial score (nSPS) is 24.1. The molecule has 1 aliphatic carbocycles. The Balaban J connectivity index is 1.62. The first kappa shape index (κ1) is 26.4. The third-order valence-electron chi connectivity index (χ3n) is 7.02. The fourth-order valence-corrected chi connectivity index (χ4v) is 4.96. The molecule has 8 heteroatoms. The smallest absolute Gasteiger partial charge is 0.240 e. The van der Waals surface area contributed by atoms with Crippen LogP contribution in [0.5, 0.6) is 0 Å². The maximum Gasteiger partial charge on any atom is 0.240 e. The average molecular weight is 491 g/mol. The van der Waals surface area contributed by atoms with Gasteiger partial charge in [-0.1, -0.05) is 49.7 Å². The molecule has 3 atom stereocenters. The molecular formula is C26H36ClFN4O2. The predicted octanol–water partition coefficient (Wildman–Crippen LogP) is 3.07. The summed E-state index contributed by atoms with van der Waals surface area (Å²) in [6.07, 6.45) is 7.24. The predicted molar refractivity (Wildman–Crippen MR) is 134 cm³/mol. The van der Waals surface area contributed by atoms with Crippen LogP contribution < -0.4 is 11.1 Å². The molecule has 0 spiro atoms. The van der Waals surface area contributed by atoms with Crippen molar-refractivity contribution in [1.29, 1.82) is 0 Å². The van der Waals surface area contributed by atoms with Crippen molar-refractivity contribution in [2.24, 2.45) is 17.1 Å². The van der Waals surface area contributed by atoms with Crippen LogP contribution >= 0.6 is 11.6 Å². The van der Waals surface area contributed by atoms with Crippen molar-refractivity contribution in [2.75, 3.05) is 33.2 Å². The lowest BCUT2D eigenvalue weighted by atomic mass is 9.77. The van der Waals surface area contributed by atoms with E-state index in [1.54, 1.807) is 25.3 Å². The van der Waals surface area contributed by atoms with Crippen molar-refractivity contribution >= 4 is 23.4 Å². The van der Waals surface area contributed by atoms with E-state index in [9.17, 15) is 14.0 Å². The van der Waals surface area contributed by atoms with E-state index in [0.717, 1.165) is 25.2 Å². The monoisotopic (exact) mass is 490 g/mol. The molecule has 186 valence electrons. The number of hydrogen-bond donors (Lipinski definition) is 2. The highest BCUT2D eigenvalue weighted by Gasteiger charge is 2.38. The summed E-state index contributed by atoms with van der Waals surface area (Å²) in [4.78, 5) is 30.2. The van der Waals surface area contributed by atoms with Crippen molar-refractivity contribution in [1.82, 2.24) is 15.1 Å². The first-order valence-electron chi connectivity index (χ1n) is 11.9. The molecule has 34 heavy (non-hydrogen) atoms. The van der Waals surface area contributed by atoms with E-state index in [1.807, 2.05) is 17.1 Å². The SMILES string of the molecule is CNC(=O)C1(CCN2CCN(C(=O)C(N)Cc3ccc(F)cc3)C(C(C)C)C2)C=CC(Cl)=CC1. The number of benzene rings is 1. The Labute approximate surface area is 207 Å². The fraction of sp³-hybridized carbons (Fsp3) is 0.538. The summed E-state index contributed by atoms with van der Waals surface area (Å²) in [7, 11) is 1.66. The van der Waals surface area contributed by atoms with Crippen molar-refractivity contribution < 1.29 is 14.0 Å². The minimum atomic E-state index is -0.668. The minimum absolute atomic E-state index is 0.00911. The molecule has 1 aromatic rings. The van der Waals surface area contributed by atoms with Gasteiger partial charge in [0.2, 0.25) is 11.8 Å². The van der Waals surface area contributed by atoms with E-state index in [1.165, 1.54) is 12.1 Å². The summed E-state index contributed by atoms with van der Waals surface area (Å²) in [5.41, 5.74) is 6.52. The maximum absolute atomic E-state index is 13.2. The quantitative estimate of drug-likeness (QED) is 0.587. The topological polar surface area (TPSA) is 78.7 Å². The number of allylic oxidation sites excluding steroid dienone is 3. The summed E-state index contributed by atoms with van der Waals surface area (Å²) in [5.74, 6) is -0.126. The molecule has 1 aromatic carbocycles. The standard InChI is InChI=1S/C26H36ClFN4O2/c1-18(2)23-17-31(13-12-26(25(34)30-3)10-8-20(27)9-11-26)14-15-32(23)24(33)22(29)16-19-4-6-21(28)7-5-19/h4-10,18,22-23H,11-17,29H2,1-3H3,(H,30,34). The van der Waals surface area contributed by atoms with Crippen LogP contribution in [0.25, 0.3) is 0 Å². The molecule has 0 radical (unpaired) electrons. The van der Waals surface area contributed by atoms with Gasteiger partial charge in [0.05, 0.1) is 11.5 Å². The van der Waals surface area contributed by atoms with Gasteiger partial charge in [-0.2, -0.15) is 0 Å². The van der Waals surface area contributed by atoms with Crippen molar-refractivity contribution in [3.8, 4) is 0 Å². The molecule has 1 saturated heterocycles. The van der Waals surface area contributed by atoms with Crippen molar-refractivity contribution in [3.05, 3.63) is 58.9 Å². The van der Waals surface area contributed by atoms with Crippen LogP contribution in [0.3, 0.4) is 0 Å². The molecule has 3 rings (SSSR count). The van der Waals surface area contributed by atoms with Crippen LogP contribution in [0.2, 0.25) is 0 Å². The van der Waals surface area contributed by atoms with Crippen LogP contribution in [0, 0.1) is 17.2 Å². The number of amides is 2. The van der Waals surface area contributed by atoms with Gasteiger partial charge in [0.1, 0.15) is 5.82 Å². The van der Waals surface area contributed by atoms with Gasteiger partial charge in [-0.15, -0.1) is 0 Å². The number of rotatable bonds is 8. The van der Waals surface area contributed by atoms with Gasteiger partial charge in [-0.3, -0.25) is 14.5 Å². The minimum Gasteiger partial charge on any atom is -0.358 e. The molecule has 0 aromatic heterocycles. The summed E-state index contributed by atoms with van der Waals surface area (Å²) in [5, 5.41) is 3.45. The van der Waals surface area contributed by atoms with Crippen LogP contribution in [0.15, 0.2) is 47.5 Å². The molecular weight excluding hydrogens is 455 g/mol. The van der Waals surface area contributed by atoms with E-state index in [2.05, 4.69) is 24.1 Å². The lowest BCUT2D eigenvalue weighted by Gasteiger charge is -2.45. The number of nitrogens with one attached hydrogen (secondary N) is 1. The lowest BCUT2D eigenvalue weighted by Crippen LogP contribution is -2.60. The van der Waals surface area contributed by atoms with Crippen LogP contribution in [-0.2, 0) is 16.0 Å². The molecule has 2 aliphatic rings. The molecule has 1 aliphatic heterocycles. The third-order valence-corrected chi connectivity index (χ3v) is 7.30. The number of nitrogens with two attached hydrogens (primary N) is 1. The first-order valence-corrected chi connectivity index (χ1v) is 12.3. The highest BCUT2D eigenvalue weighted by atomic mass is 35.5. The Hall–Kier alpha value is -2.22. The first-order chi connectivity index (χ1) is 16.1. The zero-order valence-electron chi connectivity index (χ0n) is 20.3. The Morgan fingerprint density at radius 1 is 1.26 bits per heavy atom. The maximum atomic E-state index is 13.2. The average Bonchev–Trinajstić information content (AvgIpc) is 2.84. The summed E-state index contributed by atoms with van der Waals surface area (Å²) in [6.45, 7) is 7.02. The van der Waals surface area contributed by atoms with Gasteiger partial charge in [-0.05, 0) is 55.5 Å². The van der Waals surface area contributed by atoms with Gasteiger partial charge in [-0.25, -0.2) is 4.39 Å². The van der Waals surface area contributed by atoms with Gasteiger partial charge in [0.15, 0.2) is 0 Å². The Morgan fingerprint density at radius 2 is 1.97 bits per heavy atom. The molecule has 2 amide bonds. The van der Waals surface area contributed by atoms with E-state index in [-0.39, 0.29) is 29.6 Å². The molecule has 6 nitrogen and oxygen atoms in total. The van der Waals surface area contributed by atoms with E-state index in [4.69, 9.17) is 17.3 Å². The zero-order chi connectivity index (χ0) is 24.9. The molecule has 3 N–H and O–H groups in total. The Morgan fingerprint density at radius 3 is 2.56 bits per heavy atom. The van der Waals surface area contributed by atoms with Gasteiger partial charge >= 0.3 is 0 Å². The second-order valence-electron chi connectivity index (χ2n) is 9.69. The molecule has 0 bridgehead atoms. The summed E-state index contributed by atoms with van der Waals surface area (Å²) >= 11 is 6.09. The van der Waals surface area contributed by atoms with E-state index >= 15 is 0 Å². The number of nitrogens with zero attached hydrogens (tertiary/aromatic N) is 2. The van der Waals surface area contributed by atoms with Crippen molar-refractivity contribution in [3.63, 3.8) is 0 Å². The molecule has 3 unspecified atom stereocenters. The molecule has 1 heterocycles.